The lowest BCUT2D eigenvalue weighted by molar-refractivity contribution is -0.174. The Labute approximate surface area is 184 Å². The number of rotatable bonds is 9. The van der Waals surface area contributed by atoms with Crippen molar-refractivity contribution in [3.8, 4) is 0 Å². The lowest BCUT2D eigenvalue weighted by Gasteiger charge is -2.28. The molecule has 15 nitrogen and oxygen atoms in total. The molecule has 1 aliphatic heterocycles. The number of azide groups is 1. The third-order valence-corrected chi connectivity index (χ3v) is 4.28. The predicted octanol–water partition coefficient (Wildman–Crippen LogP) is -0.120. The van der Waals surface area contributed by atoms with E-state index in [4.69, 9.17) is 24.5 Å². The number of carbonyl (C=O) groups excluding carboxylic acids is 3. The normalized spacial score (nSPS) is 23.8. The van der Waals surface area contributed by atoms with Crippen LogP contribution >= 0.6 is 0 Å². The largest absolute Gasteiger partial charge is 0.464 e. The van der Waals surface area contributed by atoms with Crippen molar-refractivity contribution in [1.29, 1.82) is 0 Å². The number of esters is 3. The average molecular weight is 472 g/mol. The van der Waals surface area contributed by atoms with E-state index in [0.717, 1.165) is 20.0 Å². The molecular formula is C17H21FN6O9. The van der Waals surface area contributed by atoms with Crippen molar-refractivity contribution < 1.29 is 37.7 Å². The maximum Gasteiger partial charge on any atom is 0.330 e. The first kappa shape index (κ1) is 25.4. The SMILES string of the molecule is CC(=O)OCCNc1cn([C@@H]2O[C@@](COC(C)=O)(N=[N+]=[N-])[C@@H](OC(C)=O)[C@@H]2F)c(=O)[nH]c1=O. The quantitative estimate of drug-likeness (QED) is 0.122. The van der Waals surface area contributed by atoms with Crippen molar-refractivity contribution in [2.45, 2.75) is 45.0 Å². The summed E-state index contributed by atoms with van der Waals surface area (Å²) in [4.78, 5) is 62.6. The fourth-order valence-electron chi connectivity index (χ4n) is 2.97. The molecule has 2 heterocycles. The van der Waals surface area contributed by atoms with Gasteiger partial charge in [0.05, 0.1) is 0 Å². The molecule has 180 valence electrons. The number of hydrogen-bond acceptors (Lipinski definition) is 11. The molecule has 1 fully saturated rings. The van der Waals surface area contributed by atoms with Gasteiger partial charge in [0.2, 0.25) is 5.72 Å². The first-order valence-electron chi connectivity index (χ1n) is 9.42. The summed E-state index contributed by atoms with van der Waals surface area (Å²) in [7, 11) is 0. The molecular weight excluding hydrogens is 451 g/mol. The number of ether oxygens (including phenoxy) is 4. The van der Waals surface area contributed by atoms with E-state index in [2.05, 4.69) is 15.3 Å². The van der Waals surface area contributed by atoms with Crippen LogP contribution in [0.4, 0.5) is 10.1 Å². The van der Waals surface area contributed by atoms with Gasteiger partial charge in [0, 0.05) is 38.4 Å². The predicted molar refractivity (Wildman–Crippen MR) is 106 cm³/mol. The summed E-state index contributed by atoms with van der Waals surface area (Å²) in [5.74, 6) is -2.34. The summed E-state index contributed by atoms with van der Waals surface area (Å²) in [6, 6.07) is 0. The number of anilines is 1. The lowest BCUT2D eigenvalue weighted by Crippen LogP contribution is -2.47. The number of H-pyrrole nitrogens is 1. The van der Waals surface area contributed by atoms with Crippen molar-refractivity contribution in [1.82, 2.24) is 9.55 Å². The highest BCUT2D eigenvalue weighted by Crippen LogP contribution is 2.42. The molecule has 0 aliphatic carbocycles. The minimum Gasteiger partial charge on any atom is -0.464 e. The van der Waals surface area contributed by atoms with Crippen LogP contribution in [0.25, 0.3) is 10.4 Å². The van der Waals surface area contributed by atoms with Gasteiger partial charge in [0.1, 0.15) is 18.9 Å². The van der Waals surface area contributed by atoms with Crippen LogP contribution in [-0.4, -0.2) is 65.2 Å². The summed E-state index contributed by atoms with van der Waals surface area (Å²) < 4.78 is 36.0. The van der Waals surface area contributed by atoms with Gasteiger partial charge in [0.25, 0.3) is 5.56 Å². The van der Waals surface area contributed by atoms with Crippen LogP contribution in [0.15, 0.2) is 20.9 Å². The fourth-order valence-corrected chi connectivity index (χ4v) is 2.97. The molecule has 2 rings (SSSR count). The Balaban J connectivity index is 2.44. The number of aromatic nitrogens is 2. The molecule has 0 saturated carbocycles. The standard InChI is InChI=1S/C17H21FN6O9/c1-8(25)30-5-4-20-11-6-24(16(29)21-14(11)28)15-12(18)13(32-10(3)27)17(33-15,22-23-19)7-31-9(2)26/h6,12-13,15,20H,4-5,7H2,1-3H3,(H,21,28,29)/t12-,13-,15+,17+/m0/s1. The Morgan fingerprint density at radius 2 is 1.94 bits per heavy atom. The zero-order chi connectivity index (χ0) is 24.8. The zero-order valence-electron chi connectivity index (χ0n) is 17.8. The minimum absolute atomic E-state index is 0.0172. The Hall–Kier alpha value is -3.91. The molecule has 1 aromatic heterocycles. The van der Waals surface area contributed by atoms with E-state index in [1.54, 1.807) is 0 Å². The van der Waals surface area contributed by atoms with Gasteiger partial charge >= 0.3 is 23.6 Å². The maximum atomic E-state index is 15.4. The Bertz CT molecular complexity index is 1080. The lowest BCUT2D eigenvalue weighted by atomic mass is 10.1. The van der Waals surface area contributed by atoms with E-state index in [1.807, 2.05) is 4.98 Å². The van der Waals surface area contributed by atoms with Crippen LogP contribution < -0.4 is 16.6 Å². The number of alkyl halides is 1. The number of carbonyl (C=O) groups is 3. The second-order valence-corrected chi connectivity index (χ2v) is 6.77. The third-order valence-electron chi connectivity index (χ3n) is 4.28. The van der Waals surface area contributed by atoms with E-state index in [1.165, 1.54) is 6.92 Å². The van der Waals surface area contributed by atoms with E-state index in [-0.39, 0.29) is 18.8 Å². The fraction of sp³-hybridized carbons (Fsp3) is 0.588. The number of aromatic amines is 1. The number of nitrogens with one attached hydrogen (secondary N) is 2. The molecule has 1 aromatic rings. The summed E-state index contributed by atoms with van der Waals surface area (Å²) in [6.45, 7) is 2.24. The van der Waals surface area contributed by atoms with Gasteiger partial charge in [-0.1, -0.05) is 5.11 Å². The molecule has 0 aromatic carbocycles. The Morgan fingerprint density at radius 3 is 2.52 bits per heavy atom. The molecule has 0 spiro atoms. The molecule has 0 unspecified atom stereocenters. The second kappa shape index (κ2) is 10.6. The molecule has 1 saturated heterocycles. The van der Waals surface area contributed by atoms with Crippen molar-refractivity contribution in [3.63, 3.8) is 0 Å². The van der Waals surface area contributed by atoms with Gasteiger partial charge in [-0.2, -0.15) is 0 Å². The average Bonchev–Trinajstić information content (AvgIpc) is 2.97. The molecule has 2 N–H and O–H groups in total. The van der Waals surface area contributed by atoms with Crippen molar-refractivity contribution in [3.05, 3.63) is 37.5 Å². The molecule has 0 radical (unpaired) electrons. The van der Waals surface area contributed by atoms with Crippen LogP contribution in [0.1, 0.15) is 27.0 Å². The first-order chi connectivity index (χ1) is 15.5. The Kier molecular flexibility index (Phi) is 8.15. The van der Waals surface area contributed by atoms with E-state index in [9.17, 15) is 24.0 Å². The molecule has 33 heavy (non-hydrogen) atoms. The summed E-state index contributed by atoms with van der Waals surface area (Å²) in [5.41, 5.74) is 4.47. The van der Waals surface area contributed by atoms with Gasteiger partial charge < -0.3 is 24.3 Å². The van der Waals surface area contributed by atoms with Crippen LogP contribution in [0.5, 0.6) is 0 Å². The number of halogens is 1. The second-order valence-electron chi connectivity index (χ2n) is 6.77. The molecule has 0 bridgehead atoms. The van der Waals surface area contributed by atoms with Gasteiger partial charge in [0.15, 0.2) is 18.5 Å². The van der Waals surface area contributed by atoms with E-state index >= 15 is 4.39 Å². The zero-order valence-corrected chi connectivity index (χ0v) is 17.8. The van der Waals surface area contributed by atoms with Gasteiger partial charge in [-0.25, -0.2) is 9.18 Å². The maximum absolute atomic E-state index is 15.4. The first-order valence-corrected chi connectivity index (χ1v) is 9.42. The summed E-state index contributed by atoms with van der Waals surface area (Å²) in [5, 5.41) is 5.96. The van der Waals surface area contributed by atoms with Crippen LogP contribution in [0.2, 0.25) is 0 Å². The van der Waals surface area contributed by atoms with Gasteiger partial charge in [-0.15, -0.1) is 0 Å². The Morgan fingerprint density at radius 1 is 1.27 bits per heavy atom. The van der Waals surface area contributed by atoms with E-state index in [0.29, 0.717) is 4.57 Å². The van der Waals surface area contributed by atoms with Gasteiger partial charge in [-0.05, 0) is 5.53 Å². The van der Waals surface area contributed by atoms with Crippen LogP contribution in [-0.2, 0) is 33.3 Å². The smallest absolute Gasteiger partial charge is 0.330 e. The minimum atomic E-state index is -2.34. The third kappa shape index (κ3) is 6.08. The molecule has 0 amide bonds. The van der Waals surface area contributed by atoms with E-state index < -0.39 is 60.0 Å². The van der Waals surface area contributed by atoms with Crippen molar-refractivity contribution >= 4 is 23.6 Å². The number of hydrogen-bond donors (Lipinski definition) is 2. The summed E-state index contributed by atoms with van der Waals surface area (Å²) >= 11 is 0. The highest BCUT2D eigenvalue weighted by atomic mass is 19.1. The number of nitrogens with zero attached hydrogens (tertiary/aromatic N) is 4. The molecule has 4 atom stereocenters. The van der Waals surface area contributed by atoms with Crippen molar-refractivity contribution in [2.24, 2.45) is 5.11 Å². The highest BCUT2D eigenvalue weighted by Gasteiger charge is 2.60. The monoisotopic (exact) mass is 472 g/mol. The molecule has 16 heteroatoms. The highest BCUT2D eigenvalue weighted by molar-refractivity contribution is 5.67. The van der Waals surface area contributed by atoms with Crippen LogP contribution in [0.3, 0.4) is 0 Å². The van der Waals surface area contributed by atoms with Gasteiger partial charge in [-0.3, -0.25) is 28.7 Å². The van der Waals surface area contributed by atoms with Crippen molar-refractivity contribution in [2.75, 3.05) is 25.1 Å². The topological polar surface area (TPSA) is 204 Å². The van der Waals surface area contributed by atoms with Crippen LogP contribution in [0, 0.1) is 0 Å². The molecule has 1 aliphatic rings. The summed E-state index contributed by atoms with van der Waals surface area (Å²) in [6.07, 6.45) is -5.11.